The zero-order valence-electron chi connectivity index (χ0n) is 14.6. The van der Waals surface area contributed by atoms with Gasteiger partial charge in [0.15, 0.2) is 5.13 Å². The Morgan fingerprint density at radius 3 is 2.68 bits per heavy atom. The van der Waals surface area contributed by atoms with Crippen LogP contribution in [0.2, 0.25) is 0 Å². The van der Waals surface area contributed by atoms with E-state index in [9.17, 15) is 9.59 Å². The van der Waals surface area contributed by atoms with Crippen molar-refractivity contribution in [1.29, 1.82) is 0 Å². The number of benzene rings is 1. The van der Waals surface area contributed by atoms with Gasteiger partial charge in [-0.25, -0.2) is 4.98 Å². The van der Waals surface area contributed by atoms with Gasteiger partial charge in [0.25, 0.3) is 11.8 Å². The van der Waals surface area contributed by atoms with E-state index in [1.165, 1.54) is 11.3 Å². The average Bonchev–Trinajstić information content (AvgIpc) is 3.04. The van der Waals surface area contributed by atoms with Gasteiger partial charge in [0.1, 0.15) is 4.88 Å². The van der Waals surface area contributed by atoms with E-state index >= 15 is 0 Å². The van der Waals surface area contributed by atoms with Crippen molar-refractivity contribution in [3.8, 4) is 0 Å². The Morgan fingerprint density at radius 1 is 1.32 bits per heavy atom. The Hall–Kier alpha value is -1.93. The standard InChI is InChI=1S/C17H21BrN4O2S/c1-5-10(3)21-17-20-8-14(25-17)16(24)22-13-7-11(15(23)19-4)12(18)6-9(13)2/h6-8,10H,5H2,1-4H3,(H,19,23)(H,20,21)(H,22,24). The van der Waals surface area contributed by atoms with Crippen molar-refractivity contribution < 1.29 is 9.59 Å². The number of aryl methyl sites for hydroxylation is 1. The maximum absolute atomic E-state index is 12.5. The molecule has 1 aromatic heterocycles. The number of nitrogens with zero attached hydrogens (tertiary/aromatic N) is 1. The van der Waals surface area contributed by atoms with Gasteiger partial charge < -0.3 is 16.0 Å². The predicted octanol–water partition coefficient (Wildman–Crippen LogP) is 4.04. The van der Waals surface area contributed by atoms with Gasteiger partial charge in [0.2, 0.25) is 0 Å². The van der Waals surface area contributed by atoms with Crippen LogP contribution in [0.1, 0.15) is 45.9 Å². The number of hydrogen-bond donors (Lipinski definition) is 3. The van der Waals surface area contributed by atoms with Crippen molar-refractivity contribution in [3.05, 3.63) is 38.8 Å². The van der Waals surface area contributed by atoms with Gasteiger partial charge in [-0.05, 0) is 53.9 Å². The lowest BCUT2D eigenvalue weighted by Gasteiger charge is -2.11. The van der Waals surface area contributed by atoms with E-state index in [1.54, 1.807) is 19.3 Å². The first-order valence-corrected chi connectivity index (χ1v) is 9.52. The number of rotatable bonds is 6. The summed E-state index contributed by atoms with van der Waals surface area (Å²) in [6.07, 6.45) is 2.53. The Balaban J connectivity index is 2.19. The van der Waals surface area contributed by atoms with Gasteiger partial charge in [-0.2, -0.15) is 0 Å². The number of nitrogens with one attached hydrogen (secondary N) is 3. The zero-order valence-corrected chi connectivity index (χ0v) is 17.0. The summed E-state index contributed by atoms with van der Waals surface area (Å²) in [5, 5.41) is 9.41. The molecule has 0 radical (unpaired) electrons. The first-order valence-electron chi connectivity index (χ1n) is 7.91. The van der Waals surface area contributed by atoms with Crippen LogP contribution < -0.4 is 16.0 Å². The minimum atomic E-state index is -0.247. The fraction of sp³-hybridized carbons (Fsp3) is 0.353. The first-order chi connectivity index (χ1) is 11.8. The van der Waals surface area contributed by atoms with Crippen LogP contribution in [-0.2, 0) is 0 Å². The van der Waals surface area contributed by atoms with Gasteiger partial charge in [-0.1, -0.05) is 18.3 Å². The van der Waals surface area contributed by atoms with Crippen molar-refractivity contribution in [2.75, 3.05) is 17.7 Å². The molecule has 1 heterocycles. The molecule has 1 aromatic carbocycles. The van der Waals surface area contributed by atoms with Crippen molar-refractivity contribution in [2.24, 2.45) is 0 Å². The number of carbonyl (C=O) groups is 2. The highest BCUT2D eigenvalue weighted by molar-refractivity contribution is 9.10. The Labute approximate surface area is 159 Å². The van der Waals surface area contributed by atoms with Crippen LogP contribution in [0.3, 0.4) is 0 Å². The van der Waals surface area contributed by atoms with Crippen LogP contribution in [0.15, 0.2) is 22.8 Å². The third kappa shape index (κ3) is 4.79. The maximum atomic E-state index is 12.5. The summed E-state index contributed by atoms with van der Waals surface area (Å²) >= 11 is 4.68. The Kier molecular flexibility index (Phi) is 6.55. The highest BCUT2D eigenvalue weighted by atomic mass is 79.9. The van der Waals surface area contributed by atoms with Crippen molar-refractivity contribution in [1.82, 2.24) is 10.3 Å². The second kappa shape index (κ2) is 8.44. The van der Waals surface area contributed by atoms with Crippen molar-refractivity contribution >= 4 is 49.9 Å². The van der Waals surface area contributed by atoms with Gasteiger partial charge >= 0.3 is 0 Å². The second-order valence-electron chi connectivity index (χ2n) is 5.66. The van der Waals surface area contributed by atoms with E-state index in [-0.39, 0.29) is 11.8 Å². The van der Waals surface area contributed by atoms with Crippen LogP contribution in [0, 0.1) is 6.92 Å². The van der Waals surface area contributed by atoms with Crippen LogP contribution in [-0.4, -0.2) is 29.9 Å². The number of thiazole rings is 1. The summed E-state index contributed by atoms with van der Waals surface area (Å²) in [5.74, 6) is -0.469. The number of amides is 2. The summed E-state index contributed by atoms with van der Waals surface area (Å²) in [5.41, 5.74) is 1.92. The summed E-state index contributed by atoms with van der Waals surface area (Å²) < 4.78 is 0.681. The van der Waals surface area contributed by atoms with Crippen LogP contribution in [0.5, 0.6) is 0 Å². The molecule has 0 aliphatic carbocycles. The monoisotopic (exact) mass is 424 g/mol. The molecule has 2 aromatic rings. The number of halogens is 1. The van der Waals surface area contributed by atoms with Crippen LogP contribution in [0.25, 0.3) is 0 Å². The van der Waals surface area contributed by atoms with Crippen LogP contribution in [0.4, 0.5) is 10.8 Å². The lowest BCUT2D eigenvalue weighted by Crippen LogP contribution is -2.19. The minimum absolute atomic E-state index is 0.222. The molecule has 0 bridgehead atoms. The lowest BCUT2D eigenvalue weighted by molar-refractivity contribution is 0.0960. The molecule has 0 fully saturated rings. The number of carbonyl (C=O) groups excluding carboxylic acids is 2. The molecule has 25 heavy (non-hydrogen) atoms. The molecule has 2 rings (SSSR count). The highest BCUT2D eigenvalue weighted by Crippen LogP contribution is 2.27. The van der Waals surface area contributed by atoms with E-state index < -0.39 is 0 Å². The molecule has 134 valence electrons. The fourth-order valence-electron chi connectivity index (χ4n) is 2.06. The van der Waals surface area contributed by atoms with E-state index in [0.29, 0.717) is 26.6 Å². The second-order valence-corrected chi connectivity index (χ2v) is 7.55. The lowest BCUT2D eigenvalue weighted by atomic mass is 10.1. The Bertz CT molecular complexity index is 791. The summed E-state index contributed by atoms with van der Waals surface area (Å²) in [6, 6.07) is 3.77. The zero-order chi connectivity index (χ0) is 18.6. The van der Waals surface area contributed by atoms with E-state index in [1.807, 2.05) is 13.0 Å². The minimum Gasteiger partial charge on any atom is -0.359 e. The van der Waals surface area contributed by atoms with E-state index in [2.05, 4.69) is 50.7 Å². The Morgan fingerprint density at radius 2 is 2.04 bits per heavy atom. The third-order valence-electron chi connectivity index (χ3n) is 3.75. The summed E-state index contributed by atoms with van der Waals surface area (Å²) in [4.78, 5) is 29.2. The van der Waals surface area contributed by atoms with Crippen molar-refractivity contribution in [3.63, 3.8) is 0 Å². The van der Waals surface area contributed by atoms with Gasteiger partial charge in [-0.15, -0.1) is 0 Å². The molecule has 0 spiro atoms. The topological polar surface area (TPSA) is 83.1 Å². The predicted molar refractivity (Wildman–Crippen MR) is 106 cm³/mol. The molecule has 0 saturated heterocycles. The molecule has 0 aliphatic heterocycles. The van der Waals surface area contributed by atoms with Gasteiger partial charge in [-0.3, -0.25) is 9.59 Å². The highest BCUT2D eigenvalue weighted by Gasteiger charge is 2.16. The van der Waals surface area contributed by atoms with Crippen LogP contribution >= 0.6 is 27.3 Å². The number of hydrogen-bond acceptors (Lipinski definition) is 5. The van der Waals surface area contributed by atoms with Gasteiger partial charge in [0, 0.05) is 23.2 Å². The number of anilines is 2. The molecule has 0 saturated carbocycles. The van der Waals surface area contributed by atoms with Crippen molar-refractivity contribution in [2.45, 2.75) is 33.2 Å². The first kappa shape index (κ1) is 19.4. The average molecular weight is 425 g/mol. The fourth-order valence-corrected chi connectivity index (χ4v) is 3.52. The molecule has 6 nitrogen and oxygen atoms in total. The molecule has 1 atom stereocenters. The molecular weight excluding hydrogens is 404 g/mol. The smallest absolute Gasteiger partial charge is 0.267 e. The SMILES string of the molecule is CCC(C)Nc1ncc(C(=O)Nc2cc(C(=O)NC)c(Br)cc2C)s1. The van der Waals surface area contributed by atoms with E-state index in [0.717, 1.165) is 17.1 Å². The molecular formula is C17H21BrN4O2S. The van der Waals surface area contributed by atoms with E-state index in [4.69, 9.17) is 0 Å². The normalized spacial score (nSPS) is 11.7. The molecule has 2 amide bonds. The molecule has 3 N–H and O–H groups in total. The maximum Gasteiger partial charge on any atom is 0.267 e. The largest absolute Gasteiger partial charge is 0.359 e. The van der Waals surface area contributed by atoms with Gasteiger partial charge in [0.05, 0.1) is 11.8 Å². The molecule has 1 unspecified atom stereocenters. The summed E-state index contributed by atoms with van der Waals surface area (Å²) in [7, 11) is 1.57. The number of aromatic nitrogens is 1. The summed E-state index contributed by atoms with van der Waals surface area (Å²) in [6.45, 7) is 6.02. The molecule has 8 heteroatoms. The molecule has 0 aliphatic rings. The quantitative estimate of drug-likeness (QED) is 0.653. The third-order valence-corrected chi connectivity index (χ3v) is 5.33.